The van der Waals surface area contributed by atoms with Crippen molar-refractivity contribution in [3.8, 4) is 33.4 Å². The first-order valence-corrected chi connectivity index (χ1v) is 20.4. The summed E-state index contributed by atoms with van der Waals surface area (Å²) in [4.78, 5) is 2.49. The molecule has 0 aliphatic heterocycles. The number of nitrogens with zero attached hydrogens (tertiary/aromatic N) is 1. The van der Waals surface area contributed by atoms with Crippen molar-refractivity contribution in [1.29, 1.82) is 0 Å². The molecule has 1 aliphatic rings. The molecule has 0 heterocycles. The zero-order valence-electron chi connectivity index (χ0n) is 33.2. The fraction of sp³-hybridized carbons (Fsp3) is 0.0877. The van der Waals surface area contributed by atoms with Gasteiger partial charge in [-0.15, -0.1) is 0 Å². The molecule has 278 valence electrons. The third-order valence-electron chi connectivity index (χ3n) is 12.7. The molecule has 0 saturated carbocycles. The Morgan fingerprint density at radius 1 is 0.397 bits per heavy atom. The smallest absolute Gasteiger partial charge is 0.0546 e. The largest absolute Gasteiger partial charge is 0.310 e. The minimum absolute atomic E-state index is 0.0843. The van der Waals surface area contributed by atoms with Crippen molar-refractivity contribution in [1.82, 2.24) is 0 Å². The van der Waals surface area contributed by atoms with E-state index in [1.54, 1.807) is 0 Å². The third-order valence-corrected chi connectivity index (χ3v) is 12.7. The van der Waals surface area contributed by atoms with Gasteiger partial charge in [-0.3, -0.25) is 0 Å². The molecule has 0 amide bonds. The van der Waals surface area contributed by atoms with E-state index in [9.17, 15) is 0 Å². The number of anilines is 3. The Balaban J connectivity index is 1.23. The van der Waals surface area contributed by atoms with Crippen molar-refractivity contribution >= 4 is 27.8 Å². The average Bonchev–Trinajstić information content (AvgIpc) is 3.52. The van der Waals surface area contributed by atoms with Gasteiger partial charge in [0.05, 0.1) is 5.69 Å². The van der Waals surface area contributed by atoms with Crippen molar-refractivity contribution < 1.29 is 0 Å². The van der Waals surface area contributed by atoms with Gasteiger partial charge in [0.25, 0.3) is 0 Å². The molecule has 0 unspecified atom stereocenters. The average molecular weight is 744 g/mol. The van der Waals surface area contributed by atoms with Gasteiger partial charge in [0.2, 0.25) is 0 Å². The fourth-order valence-electron chi connectivity index (χ4n) is 9.56. The van der Waals surface area contributed by atoms with E-state index in [4.69, 9.17) is 0 Å². The molecular formula is C57H45N. The Morgan fingerprint density at radius 3 is 1.60 bits per heavy atom. The molecule has 0 spiro atoms. The maximum Gasteiger partial charge on any atom is 0.0546 e. The second-order valence-electron chi connectivity index (χ2n) is 16.2. The lowest BCUT2D eigenvalue weighted by Crippen LogP contribution is -2.25. The molecule has 0 aromatic heterocycles. The van der Waals surface area contributed by atoms with Gasteiger partial charge in [0, 0.05) is 27.8 Å². The highest BCUT2D eigenvalue weighted by Crippen LogP contribution is 2.52. The molecule has 1 nitrogen and oxygen atoms in total. The summed E-state index contributed by atoms with van der Waals surface area (Å²) in [6.07, 6.45) is 0. The summed E-state index contributed by atoms with van der Waals surface area (Å²) < 4.78 is 0. The van der Waals surface area contributed by atoms with Gasteiger partial charge < -0.3 is 4.90 Å². The standard InChI is InChI=1S/C57H45N/c1-56(2)52-30-18-17-28-49(52)51-39-46(36-37-53(51)56)58(45-34-32-44(33-35-45)57(3,42-22-9-5-10-23-42)43-24-11-6-12-25-43)54-38-31-41-21-13-14-27-48(41)55(54)50-29-16-15-26-47(50)40-19-7-4-8-20-40/h4-39H,1-3H3. The van der Waals surface area contributed by atoms with Crippen LogP contribution in [-0.4, -0.2) is 0 Å². The van der Waals surface area contributed by atoms with Crippen LogP contribution in [-0.2, 0) is 10.8 Å². The van der Waals surface area contributed by atoms with Crippen molar-refractivity contribution in [2.24, 2.45) is 0 Å². The molecule has 58 heavy (non-hydrogen) atoms. The molecular weight excluding hydrogens is 699 g/mol. The Morgan fingerprint density at radius 2 is 0.914 bits per heavy atom. The van der Waals surface area contributed by atoms with E-state index < -0.39 is 0 Å². The van der Waals surface area contributed by atoms with Crippen molar-refractivity contribution in [3.05, 3.63) is 246 Å². The second-order valence-corrected chi connectivity index (χ2v) is 16.2. The van der Waals surface area contributed by atoms with Gasteiger partial charge in [-0.2, -0.15) is 0 Å². The SMILES string of the molecule is CC1(C)c2ccccc2-c2cc(N(c3ccc(C(C)(c4ccccc4)c4ccccc4)cc3)c3ccc4ccccc4c3-c3ccccc3-c3ccccc3)ccc21. The van der Waals surface area contributed by atoms with E-state index in [1.807, 2.05) is 0 Å². The van der Waals surface area contributed by atoms with Crippen LogP contribution >= 0.6 is 0 Å². The fourth-order valence-corrected chi connectivity index (χ4v) is 9.56. The topological polar surface area (TPSA) is 3.24 Å². The Labute approximate surface area is 342 Å². The van der Waals surface area contributed by atoms with E-state index in [0.717, 1.165) is 17.1 Å². The van der Waals surface area contributed by atoms with Crippen LogP contribution in [0.25, 0.3) is 44.2 Å². The molecule has 9 aromatic carbocycles. The minimum atomic E-state index is -0.350. The lowest BCUT2D eigenvalue weighted by molar-refractivity contribution is 0.660. The van der Waals surface area contributed by atoms with E-state index in [-0.39, 0.29) is 10.8 Å². The zero-order chi connectivity index (χ0) is 39.3. The normalized spacial score (nSPS) is 12.9. The number of hydrogen-bond acceptors (Lipinski definition) is 1. The summed E-state index contributed by atoms with van der Waals surface area (Å²) in [5.41, 5.74) is 16.9. The monoisotopic (exact) mass is 743 g/mol. The van der Waals surface area contributed by atoms with E-state index in [0.29, 0.717) is 0 Å². The Hall–Kier alpha value is -6.96. The van der Waals surface area contributed by atoms with E-state index in [2.05, 4.69) is 244 Å². The summed E-state index contributed by atoms with van der Waals surface area (Å²) in [7, 11) is 0. The molecule has 1 aliphatic carbocycles. The van der Waals surface area contributed by atoms with Crippen LogP contribution < -0.4 is 4.90 Å². The maximum atomic E-state index is 2.49. The predicted octanol–water partition coefficient (Wildman–Crippen LogP) is 15.3. The first kappa shape index (κ1) is 35.5. The van der Waals surface area contributed by atoms with Crippen LogP contribution in [0, 0.1) is 0 Å². The zero-order valence-corrected chi connectivity index (χ0v) is 33.2. The van der Waals surface area contributed by atoms with Crippen LogP contribution in [0.4, 0.5) is 17.1 Å². The van der Waals surface area contributed by atoms with Gasteiger partial charge in [-0.25, -0.2) is 0 Å². The van der Waals surface area contributed by atoms with Crippen LogP contribution in [0.2, 0.25) is 0 Å². The van der Waals surface area contributed by atoms with E-state index in [1.165, 1.54) is 72.0 Å². The molecule has 1 heteroatoms. The van der Waals surface area contributed by atoms with Gasteiger partial charge in [0.1, 0.15) is 0 Å². The summed E-state index contributed by atoms with van der Waals surface area (Å²) in [5, 5.41) is 2.43. The molecule has 9 aromatic rings. The molecule has 0 radical (unpaired) electrons. The lowest BCUT2D eigenvalue weighted by Gasteiger charge is -2.33. The van der Waals surface area contributed by atoms with Gasteiger partial charge >= 0.3 is 0 Å². The van der Waals surface area contributed by atoms with Crippen molar-refractivity contribution in [2.45, 2.75) is 31.6 Å². The molecule has 0 bridgehead atoms. The number of benzene rings is 9. The number of rotatable bonds is 8. The first-order chi connectivity index (χ1) is 28.4. The van der Waals surface area contributed by atoms with Crippen molar-refractivity contribution in [2.75, 3.05) is 4.90 Å². The molecule has 0 N–H and O–H groups in total. The first-order valence-electron chi connectivity index (χ1n) is 20.4. The third kappa shape index (κ3) is 5.77. The minimum Gasteiger partial charge on any atom is -0.310 e. The second kappa shape index (κ2) is 14.2. The van der Waals surface area contributed by atoms with Crippen LogP contribution in [0.15, 0.2) is 218 Å². The quantitative estimate of drug-likeness (QED) is 0.140. The number of hydrogen-bond donors (Lipinski definition) is 0. The number of fused-ring (bicyclic) bond motifs is 4. The molecule has 10 rings (SSSR count). The van der Waals surface area contributed by atoms with Crippen LogP contribution in [0.5, 0.6) is 0 Å². The van der Waals surface area contributed by atoms with Gasteiger partial charge in [-0.05, 0) is 104 Å². The highest BCUT2D eigenvalue weighted by Gasteiger charge is 2.36. The van der Waals surface area contributed by atoms with Gasteiger partial charge in [-0.1, -0.05) is 202 Å². The van der Waals surface area contributed by atoms with Crippen LogP contribution in [0.1, 0.15) is 48.6 Å². The maximum absolute atomic E-state index is 2.49. The molecule has 0 fully saturated rings. The summed E-state index contributed by atoms with van der Waals surface area (Å²) >= 11 is 0. The van der Waals surface area contributed by atoms with Crippen LogP contribution in [0.3, 0.4) is 0 Å². The lowest BCUT2D eigenvalue weighted by atomic mass is 9.71. The Kier molecular flexibility index (Phi) is 8.68. The molecule has 0 atom stereocenters. The summed E-state index contributed by atoms with van der Waals surface area (Å²) in [6, 6.07) is 80.3. The van der Waals surface area contributed by atoms with E-state index >= 15 is 0 Å². The predicted molar refractivity (Wildman–Crippen MR) is 246 cm³/mol. The highest BCUT2D eigenvalue weighted by atomic mass is 15.1. The van der Waals surface area contributed by atoms with Crippen molar-refractivity contribution in [3.63, 3.8) is 0 Å². The Bertz CT molecular complexity index is 2870. The molecule has 0 saturated heterocycles. The summed E-state index contributed by atoms with van der Waals surface area (Å²) in [5.74, 6) is 0. The summed E-state index contributed by atoms with van der Waals surface area (Å²) in [6.45, 7) is 7.06. The highest BCUT2D eigenvalue weighted by molar-refractivity contribution is 6.08. The van der Waals surface area contributed by atoms with Gasteiger partial charge in [0.15, 0.2) is 0 Å².